The number of nitrogens with zero attached hydrogens (tertiary/aromatic N) is 4. The van der Waals surface area contributed by atoms with E-state index in [0.29, 0.717) is 37.0 Å². The van der Waals surface area contributed by atoms with Crippen LogP contribution in [0.15, 0.2) is 5.38 Å². The van der Waals surface area contributed by atoms with Gasteiger partial charge in [-0.1, -0.05) is 0 Å². The first-order valence-corrected chi connectivity index (χ1v) is 9.94. The Hall–Kier alpha value is -2.16. The maximum atomic E-state index is 12.3. The molecule has 8 nitrogen and oxygen atoms in total. The molecule has 2 saturated heterocycles. The average Bonchev–Trinajstić information content (AvgIpc) is 3.09. The first-order valence-electron chi connectivity index (χ1n) is 9.06. The van der Waals surface area contributed by atoms with Crippen molar-refractivity contribution in [2.45, 2.75) is 32.6 Å². The summed E-state index contributed by atoms with van der Waals surface area (Å²) in [6, 6.07) is -0.212. The molecule has 9 heteroatoms. The average molecular weight is 379 g/mol. The molecule has 4 amide bonds. The summed E-state index contributed by atoms with van der Waals surface area (Å²) in [5, 5.41) is 5.12. The molecule has 2 aliphatic heterocycles. The molecule has 0 aromatic carbocycles. The smallest absolute Gasteiger partial charge is 0.323 e. The third-order valence-corrected chi connectivity index (χ3v) is 5.63. The van der Waals surface area contributed by atoms with E-state index in [0.717, 1.165) is 25.9 Å². The molecule has 142 valence electrons. The standard InChI is InChI=1S/C17H25N5O3S/c1-13(23)20-7-9-22(10-8-20)17(25)19-16-18-14(12-26-16)11-15(24)21-5-3-2-4-6-21/h12H,2-11H2,1H3,(H,18,19,25). The Kier molecular flexibility index (Phi) is 6.08. The molecule has 1 aromatic rings. The van der Waals surface area contributed by atoms with E-state index in [4.69, 9.17) is 0 Å². The van der Waals surface area contributed by atoms with E-state index in [9.17, 15) is 14.4 Å². The molecule has 2 aliphatic rings. The molecular formula is C17H25N5O3S. The minimum Gasteiger partial charge on any atom is -0.342 e. The van der Waals surface area contributed by atoms with Gasteiger partial charge in [-0.25, -0.2) is 9.78 Å². The van der Waals surface area contributed by atoms with Crippen LogP contribution in [0.2, 0.25) is 0 Å². The second kappa shape index (κ2) is 8.48. The Morgan fingerprint density at radius 2 is 1.65 bits per heavy atom. The van der Waals surface area contributed by atoms with Crippen molar-refractivity contribution in [2.24, 2.45) is 0 Å². The Balaban J connectivity index is 1.48. The van der Waals surface area contributed by atoms with Crippen LogP contribution in [-0.4, -0.2) is 76.8 Å². The SMILES string of the molecule is CC(=O)N1CCN(C(=O)Nc2nc(CC(=O)N3CCCCC3)cs2)CC1. The normalized spacial score (nSPS) is 18.0. The Morgan fingerprint density at radius 3 is 2.31 bits per heavy atom. The summed E-state index contributed by atoms with van der Waals surface area (Å²) in [5.41, 5.74) is 0.697. The molecule has 26 heavy (non-hydrogen) atoms. The number of carbonyl (C=O) groups excluding carboxylic acids is 3. The molecule has 0 radical (unpaired) electrons. The van der Waals surface area contributed by atoms with E-state index in [2.05, 4.69) is 10.3 Å². The largest absolute Gasteiger partial charge is 0.342 e. The summed E-state index contributed by atoms with van der Waals surface area (Å²) in [5.74, 6) is 0.140. The van der Waals surface area contributed by atoms with Crippen LogP contribution < -0.4 is 5.32 Å². The second-order valence-corrected chi connectivity index (χ2v) is 7.54. The molecule has 2 fully saturated rings. The van der Waals surface area contributed by atoms with Gasteiger partial charge in [-0.3, -0.25) is 14.9 Å². The molecule has 0 atom stereocenters. The molecule has 0 saturated carbocycles. The molecule has 0 bridgehead atoms. The lowest BCUT2D eigenvalue weighted by Crippen LogP contribution is -2.51. The zero-order valence-electron chi connectivity index (χ0n) is 15.1. The molecule has 1 N–H and O–H groups in total. The van der Waals surface area contributed by atoms with Gasteiger partial charge in [-0.2, -0.15) is 0 Å². The van der Waals surface area contributed by atoms with Gasteiger partial charge in [0.2, 0.25) is 11.8 Å². The van der Waals surface area contributed by atoms with Gasteiger partial charge >= 0.3 is 6.03 Å². The van der Waals surface area contributed by atoms with Crippen LogP contribution in [0.3, 0.4) is 0 Å². The van der Waals surface area contributed by atoms with Crippen molar-refractivity contribution in [1.82, 2.24) is 19.7 Å². The van der Waals surface area contributed by atoms with Crippen LogP contribution in [0, 0.1) is 0 Å². The number of aromatic nitrogens is 1. The number of thiazole rings is 1. The zero-order chi connectivity index (χ0) is 18.5. The van der Waals surface area contributed by atoms with E-state index < -0.39 is 0 Å². The summed E-state index contributed by atoms with van der Waals surface area (Å²) in [6.45, 7) is 5.33. The number of urea groups is 1. The summed E-state index contributed by atoms with van der Waals surface area (Å²) < 4.78 is 0. The van der Waals surface area contributed by atoms with Crippen LogP contribution in [0.4, 0.5) is 9.93 Å². The van der Waals surface area contributed by atoms with Gasteiger partial charge in [0.1, 0.15) is 0 Å². The van der Waals surface area contributed by atoms with Gasteiger partial charge in [-0.15, -0.1) is 11.3 Å². The van der Waals surface area contributed by atoms with Crippen molar-refractivity contribution in [1.29, 1.82) is 0 Å². The lowest BCUT2D eigenvalue weighted by molar-refractivity contribution is -0.131. The topological polar surface area (TPSA) is 85.9 Å². The summed E-state index contributed by atoms with van der Waals surface area (Å²) in [6.07, 6.45) is 3.61. The fraction of sp³-hybridized carbons (Fsp3) is 0.647. The van der Waals surface area contributed by atoms with E-state index in [1.54, 1.807) is 9.80 Å². The van der Waals surface area contributed by atoms with Gasteiger partial charge in [0, 0.05) is 51.6 Å². The molecular weight excluding hydrogens is 354 g/mol. The van der Waals surface area contributed by atoms with Crippen molar-refractivity contribution in [3.63, 3.8) is 0 Å². The zero-order valence-corrected chi connectivity index (χ0v) is 15.9. The van der Waals surface area contributed by atoms with Crippen molar-refractivity contribution >= 4 is 34.3 Å². The highest BCUT2D eigenvalue weighted by Crippen LogP contribution is 2.18. The number of rotatable bonds is 3. The fourth-order valence-corrected chi connectivity index (χ4v) is 3.95. The molecule has 3 rings (SSSR count). The number of nitrogens with one attached hydrogen (secondary N) is 1. The molecule has 1 aromatic heterocycles. The monoisotopic (exact) mass is 379 g/mol. The maximum absolute atomic E-state index is 12.3. The van der Waals surface area contributed by atoms with Crippen LogP contribution in [0.1, 0.15) is 31.9 Å². The van der Waals surface area contributed by atoms with Crippen LogP contribution in [0.5, 0.6) is 0 Å². The lowest BCUT2D eigenvalue weighted by Gasteiger charge is -2.33. The first-order chi connectivity index (χ1) is 12.5. The van der Waals surface area contributed by atoms with Crippen molar-refractivity contribution < 1.29 is 14.4 Å². The van der Waals surface area contributed by atoms with Crippen LogP contribution in [-0.2, 0) is 16.0 Å². The van der Waals surface area contributed by atoms with E-state index in [1.165, 1.54) is 24.7 Å². The number of likely N-dealkylation sites (tertiary alicyclic amines) is 1. The summed E-state index contributed by atoms with van der Waals surface area (Å²) in [7, 11) is 0. The van der Waals surface area contributed by atoms with E-state index in [-0.39, 0.29) is 24.3 Å². The highest BCUT2D eigenvalue weighted by molar-refractivity contribution is 7.13. The number of anilines is 1. The minimum atomic E-state index is -0.212. The highest BCUT2D eigenvalue weighted by Gasteiger charge is 2.23. The minimum absolute atomic E-state index is 0.0352. The molecule has 0 aliphatic carbocycles. The van der Waals surface area contributed by atoms with Crippen molar-refractivity contribution in [3.05, 3.63) is 11.1 Å². The van der Waals surface area contributed by atoms with Gasteiger partial charge in [0.25, 0.3) is 0 Å². The predicted molar refractivity (Wildman–Crippen MR) is 99.1 cm³/mol. The van der Waals surface area contributed by atoms with E-state index in [1.807, 2.05) is 10.3 Å². The number of hydrogen-bond donors (Lipinski definition) is 1. The third kappa shape index (κ3) is 4.72. The van der Waals surface area contributed by atoms with Gasteiger partial charge in [0.05, 0.1) is 12.1 Å². The van der Waals surface area contributed by atoms with E-state index >= 15 is 0 Å². The first kappa shape index (κ1) is 18.6. The summed E-state index contributed by atoms with van der Waals surface area (Å²) >= 11 is 1.33. The van der Waals surface area contributed by atoms with Crippen LogP contribution in [0.25, 0.3) is 0 Å². The Bertz CT molecular complexity index is 663. The molecule has 3 heterocycles. The number of carbonyl (C=O) groups is 3. The van der Waals surface area contributed by atoms with Gasteiger partial charge in [0.15, 0.2) is 5.13 Å². The van der Waals surface area contributed by atoms with Gasteiger partial charge in [-0.05, 0) is 19.3 Å². The van der Waals surface area contributed by atoms with Crippen molar-refractivity contribution in [2.75, 3.05) is 44.6 Å². The quantitative estimate of drug-likeness (QED) is 0.860. The third-order valence-electron chi connectivity index (χ3n) is 4.82. The predicted octanol–water partition coefficient (Wildman–Crippen LogP) is 1.39. The van der Waals surface area contributed by atoms with Gasteiger partial charge < -0.3 is 14.7 Å². The summed E-state index contributed by atoms with van der Waals surface area (Å²) in [4.78, 5) is 45.6. The van der Waals surface area contributed by atoms with Crippen molar-refractivity contribution in [3.8, 4) is 0 Å². The van der Waals surface area contributed by atoms with Crippen LogP contribution >= 0.6 is 11.3 Å². The highest BCUT2D eigenvalue weighted by atomic mass is 32.1. The molecule has 0 spiro atoms. The fourth-order valence-electron chi connectivity index (χ4n) is 3.25. The lowest BCUT2D eigenvalue weighted by atomic mass is 10.1. The molecule has 0 unspecified atom stereocenters. The maximum Gasteiger partial charge on any atom is 0.323 e. The Morgan fingerprint density at radius 1 is 1.00 bits per heavy atom. The number of piperidine rings is 1. The second-order valence-electron chi connectivity index (χ2n) is 6.69. The number of piperazine rings is 1. The Labute approximate surface area is 157 Å². The number of hydrogen-bond acceptors (Lipinski definition) is 5. The number of amides is 4.